The van der Waals surface area contributed by atoms with Gasteiger partial charge in [0.15, 0.2) is 0 Å². The molecule has 1 saturated heterocycles. The number of amides is 2. The number of nitro groups is 1. The number of aryl methyl sites for hydroxylation is 1. The van der Waals surface area contributed by atoms with Gasteiger partial charge in [-0.2, -0.15) is 0 Å². The van der Waals surface area contributed by atoms with Gasteiger partial charge in [-0.15, -0.1) is 0 Å². The molecule has 12 heteroatoms. The monoisotopic (exact) mass is 575 g/mol. The summed E-state index contributed by atoms with van der Waals surface area (Å²) in [5, 5.41) is 18.2. The largest absolute Gasteiger partial charge is 0.379 e. The van der Waals surface area contributed by atoms with Crippen LogP contribution in [0.25, 0.3) is 0 Å². The van der Waals surface area contributed by atoms with Crippen LogP contribution >= 0.6 is 0 Å². The normalized spacial score (nSPS) is 13.5. The topological polar surface area (TPSA) is 124 Å². The number of nitrogens with one attached hydrogen (secondary N) is 1. The van der Waals surface area contributed by atoms with Gasteiger partial charge in [0.25, 0.3) is 17.5 Å². The molecule has 4 rings (SSSR count). The lowest BCUT2D eigenvalue weighted by molar-refractivity contribution is -0.385. The van der Waals surface area contributed by atoms with Gasteiger partial charge >= 0.3 is 0 Å². The van der Waals surface area contributed by atoms with Crippen LogP contribution in [0, 0.1) is 17.0 Å². The molecule has 1 aliphatic heterocycles. The lowest BCUT2D eigenvalue weighted by Gasteiger charge is -2.37. The summed E-state index contributed by atoms with van der Waals surface area (Å²) in [4.78, 5) is 46.6. The number of hydrogen-bond acceptors (Lipinski definition) is 9. The number of hydrogen-bond donors (Lipinski definition) is 1. The van der Waals surface area contributed by atoms with E-state index < -0.39 is 10.8 Å². The average molecular weight is 576 g/mol. The van der Waals surface area contributed by atoms with Gasteiger partial charge in [-0.3, -0.25) is 24.7 Å². The van der Waals surface area contributed by atoms with Crippen molar-refractivity contribution in [2.45, 2.75) is 13.3 Å². The molecule has 222 valence electrons. The van der Waals surface area contributed by atoms with Gasteiger partial charge in [0.2, 0.25) is 0 Å². The molecule has 1 aromatic heterocycles. The quantitative estimate of drug-likeness (QED) is 0.268. The number of benzene rings is 2. The van der Waals surface area contributed by atoms with Crippen molar-refractivity contribution in [1.82, 2.24) is 14.9 Å². The van der Waals surface area contributed by atoms with E-state index in [0.717, 1.165) is 25.1 Å². The van der Waals surface area contributed by atoms with E-state index in [4.69, 9.17) is 4.74 Å². The number of hydrazine groups is 1. The van der Waals surface area contributed by atoms with Crippen LogP contribution in [-0.4, -0.2) is 92.2 Å². The molecule has 0 atom stereocenters. The van der Waals surface area contributed by atoms with Crippen LogP contribution in [0.3, 0.4) is 0 Å². The fourth-order valence-corrected chi connectivity index (χ4v) is 4.70. The Morgan fingerprint density at radius 3 is 2.36 bits per heavy atom. The molecule has 42 heavy (non-hydrogen) atoms. The van der Waals surface area contributed by atoms with Crippen molar-refractivity contribution in [3.8, 4) is 0 Å². The van der Waals surface area contributed by atoms with Gasteiger partial charge in [-0.05, 0) is 75.9 Å². The molecule has 12 nitrogen and oxygen atoms in total. The van der Waals surface area contributed by atoms with Crippen molar-refractivity contribution >= 4 is 34.6 Å². The third-order valence-corrected chi connectivity index (χ3v) is 7.06. The molecule has 0 aliphatic carbocycles. The van der Waals surface area contributed by atoms with Crippen LogP contribution < -0.4 is 15.2 Å². The van der Waals surface area contributed by atoms with E-state index in [9.17, 15) is 19.7 Å². The summed E-state index contributed by atoms with van der Waals surface area (Å²) in [6.45, 7) is 5.40. The molecule has 2 aromatic carbocycles. The van der Waals surface area contributed by atoms with Crippen molar-refractivity contribution in [3.05, 3.63) is 87.7 Å². The van der Waals surface area contributed by atoms with E-state index in [-0.39, 0.29) is 17.2 Å². The van der Waals surface area contributed by atoms with Crippen LogP contribution in [0.5, 0.6) is 0 Å². The Balaban J connectivity index is 1.64. The summed E-state index contributed by atoms with van der Waals surface area (Å²) >= 11 is 0. The summed E-state index contributed by atoms with van der Waals surface area (Å²) < 4.78 is 5.50. The molecule has 3 aromatic rings. The third kappa shape index (κ3) is 7.46. The fourth-order valence-electron chi connectivity index (χ4n) is 4.70. The molecule has 1 N–H and O–H groups in total. The predicted octanol–water partition coefficient (Wildman–Crippen LogP) is 3.83. The molecule has 2 heterocycles. The molecule has 1 fully saturated rings. The number of pyridine rings is 1. The first-order valence-corrected chi connectivity index (χ1v) is 13.8. The first-order valence-electron chi connectivity index (χ1n) is 13.8. The van der Waals surface area contributed by atoms with Crippen LogP contribution in [0.4, 0.5) is 22.7 Å². The molecule has 0 unspecified atom stereocenters. The molecule has 1 aliphatic rings. The number of carbonyl (C=O) groups excluding carboxylic acids is 2. The van der Waals surface area contributed by atoms with Crippen LogP contribution in [0.15, 0.2) is 60.9 Å². The van der Waals surface area contributed by atoms with E-state index in [1.165, 1.54) is 6.07 Å². The Hall–Kier alpha value is -4.39. The molecule has 0 saturated carbocycles. The highest BCUT2D eigenvalue weighted by molar-refractivity contribution is 6.09. The number of anilines is 3. The molecule has 2 amide bonds. The van der Waals surface area contributed by atoms with E-state index in [0.29, 0.717) is 48.9 Å². The van der Waals surface area contributed by atoms with Gasteiger partial charge < -0.3 is 19.9 Å². The van der Waals surface area contributed by atoms with E-state index in [2.05, 4.69) is 15.2 Å². The number of nitrogens with zero attached hydrogens (tertiary/aromatic N) is 6. The second-order valence-corrected chi connectivity index (χ2v) is 10.4. The highest BCUT2D eigenvalue weighted by atomic mass is 16.6. The van der Waals surface area contributed by atoms with Crippen LogP contribution in [0.1, 0.15) is 32.7 Å². The summed E-state index contributed by atoms with van der Waals surface area (Å²) in [6.07, 6.45) is 4.02. The Labute approximate surface area is 245 Å². The molecule has 0 spiro atoms. The number of morpholine rings is 1. The maximum Gasteiger partial charge on any atom is 0.282 e. The lowest BCUT2D eigenvalue weighted by Crippen LogP contribution is -2.52. The maximum absolute atomic E-state index is 13.7. The molecular weight excluding hydrogens is 538 g/mol. The van der Waals surface area contributed by atoms with Gasteiger partial charge in [-0.25, -0.2) is 10.0 Å². The van der Waals surface area contributed by atoms with E-state index in [1.807, 2.05) is 50.1 Å². The molecular formula is C30H37N7O5. The second kappa shape index (κ2) is 14.0. The first kappa shape index (κ1) is 30.6. The zero-order valence-electron chi connectivity index (χ0n) is 24.4. The summed E-state index contributed by atoms with van der Waals surface area (Å²) in [5.41, 5.74) is 2.57. The number of rotatable bonds is 11. The maximum atomic E-state index is 13.7. The number of carbonyl (C=O) groups is 2. The van der Waals surface area contributed by atoms with Crippen molar-refractivity contribution in [1.29, 1.82) is 0 Å². The van der Waals surface area contributed by atoms with Gasteiger partial charge in [0, 0.05) is 62.1 Å². The Morgan fingerprint density at radius 1 is 1.00 bits per heavy atom. The standard InChI is InChI=1S/C30H37N7O5/c1-22-6-7-25(36(35-16-18-42-19-17-35)30(39)23-10-12-31-13-11-23)21-27(22)32-29(38)26-20-24(8-9-28(26)37(40)41)34(4)15-5-14-33(2)3/h6-13,20-21H,5,14-19H2,1-4H3,(H,32,38). The molecule has 0 radical (unpaired) electrons. The van der Waals surface area contributed by atoms with Crippen LogP contribution in [0.2, 0.25) is 0 Å². The Kier molecular flexibility index (Phi) is 10.2. The first-order chi connectivity index (χ1) is 20.2. The second-order valence-electron chi connectivity index (χ2n) is 10.4. The highest BCUT2D eigenvalue weighted by Crippen LogP contribution is 2.29. The van der Waals surface area contributed by atoms with Crippen molar-refractivity contribution in [3.63, 3.8) is 0 Å². The predicted molar refractivity (Wildman–Crippen MR) is 162 cm³/mol. The van der Waals surface area contributed by atoms with Gasteiger partial charge in [0.1, 0.15) is 5.56 Å². The lowest BCUT2D eigenvalue weighted by atomic mass is 10.1. The van der Waals surface area contributed by atoms with Crippen LogP contribution in [-0.2, 0) is 4.74 Å². The van der Waals surface area contributed by atoms with Gasteiger partial charge in [0.05, 0.1) is 23.8 Å². The average Bonchev–Trinajstić information content (AvgIpc) is 2.99. The van der Waals surface area contributed by atoms with Gasteiger partial charge in [-0.1, -0.05) is 6.07 Å². The SMILES string of the molecule is Cc1ccc(N(C(=O)c2ccncc2)N2CCOCC2)cc1NC(=O)c1cc(N(C)CCCN(C)C)ccc1[N+](=O)[O-]. The van der Waals surface area contributed by atoms with Crippen molar-refractivity contribution in [2.75, 3.05) is 75.8 Å². The van der Waals surface area contributed by atoms with Crippen molar-refractivity contribution in [2.24, 2.45) is 0 Å². The van der Waals surface area contributed by atoms with Crippen molar-refractivity contribution < 1.29 is 19.2 Å². The zero-order valence-corrected chi connectivity index (χ0v) is 24.4. The summed E-state index contributed by atoms with van der Waals surface area (Å²) in [5.74, 6) is -0.857. The number of aromatic nitrogens is 1. The minimum atomic E-state index is -0.608. The fraction of sp³-hybridized carbons (Fsp3) is 0.367. The highest BCUT2D eigenvalue weighted by Gasteiger charge is 2.28. The Bertz CT molecular complexity index is 1410. The molecule has 0 bridgehead atoms. The zero-order chi connectivity index (χ0) is 30.2. The smallest absolute Gasteiger partial charge is 0.282 e. The summed E-state index contributed by atoms with van der Waals surface area (Å²) in [7, 11) is 5.90. The van der Waals surface area contributed by atoms with E-state index >= 15 is 0 Å². The third-order valence-electron chi connectivity index (χ3n) is 7.06. The van der Waals surface area contributed by atoms with E-state index in [1.54, 1.807) is 47.7 Å². The Morgan fingerprint density at radius 2 is 1.69 bits per heavy atom. The minimum absolute atomic E-state index is 0.0420. The summed E-state index contributed by atoms with van der Waals surface area (Å²) in [6, 6.07) is 13.2. The number of nitro benzene ring substituents is 1. The number of ether oxygens (including phenoxy) is 1. The minimum Gasteiger partial charge on any atom is -0.379 e.